The van der Waals surface area contributed by atoms with Gasteiger partial charge in [-0.15, -0.1) is 0 Å². The summed E-state index contributed by atoms with van der Waals surface area (Å²) in [4.78, 5) is 12.2. The number of halogens is 2. The predicted molar refractivity (Wildman–Crippen MR) is 84.4 cm³/mol. The Balaban J connectivity index is 2.19. The molecular weight excluding hydrogens is 337 g/mol. The maximum Gasteiger partial charge on any atom is 0.256 e. The summed E-state index contributed by atoms with van der Waals surface area (Å²) in [5, 5.41) is 2.81. The van der Waals surface area contributed by atoms with Crippen LogP contribution in [0, 0.1) is 12.7 Å². The first kappa shape index (κ1) is 15.5. The zero-order valence-electron chi connectivity index (χ0n) is 11.7. The second kappa shape index (κ2) is 6.72. The topological polar surface area (TPSA) is 38.3 Å². The van der Waals surface area contributed by atoms with Gasteiger partial charge >= 0.3 is 0 Å². The van der Waals surface area contributed by atoms with Crippen LogP contribution in [0.4, 0.5) is 10.1 Å². The second-order valence-corrected chi connectivity index (χ2v) is 5.34. The third kappa shape index (κ3) is 3.82. The molecule has 0 atom stereocenters. The monoisotopic (exact) mass is 351 g/mol. The number of hydrogen-bond acceptors (Lipinski definition) is 2. The van der Waals surface area contributed by atoms with Crippen LogP contribution in [0.1, 0.15) is 22.8 Å². The predicted octanol–water partition coefficient (Wildman–Crippen LogP) is 4.55. The molecule has 1 N–H and O–H groups in total. The van der Waals surface area contributed by atoms with Crippen LogP contribution in [-0.4, -0.2) is 12.5 Å². The van der Waals surface area contributed by atoms with E-state index in [2.05, 4.69) is 21.2 Å². The summed E-state index contributed by atoms with van der Waals surface area (Å²) in [7, 11) is 0. The van der Waals surface area contributed by atoms with Crippen molar-refractivity contribution in [3.63, 3.8) is 0 Å². The van der Waals surface area contributed by atoms with Gasteiger partial charge in [-0.05, 0) is 71.7 Å². The first-order chi connectivity index (χ1) is 10.0. The third-order valence-corrected chi connectivity index (χ3v) is 3.59. The van der Waals surface area contributed by atoms with Crippen molar-refractivity contribution in [2.45, 2.75) is 13.8 Å². The zero-order valence-corrected chi connectivity index (χ0v) is 13.3. The van der Waals surface area contributed by atoms with Gasteiger partial charge in [0.2, 0.25) is 0 Å². The molecular formula is C16H15BrFNO2. The number of aryl methyl sites for hydroxylation is 1. The Morgan fingerprint density at radius 2 is 2.05 bits per heavy atom. The fraction of sp³-hybridized carbons (Fsp3) is 0.188. The first-order valence-electron chi connectivity index (χ1n) is 6.51. The molecule has 0 aromatic heterocycles. The van der Waals surface area contributed by atoms with E-state index in [1.807, 2.05) is 19.9 Å². The van der Waals surface area contributed by atoms with Gasteiger partial charge in [0.15, 0.2) is 0 Å². The van der Waals surface area contributed by atoms with Crippen molar-refractivity contribution < 1.29 is 13.9 Å². The van der Waals surface area contributed by atoms with Gasteiger partial charge in [-0.25, -0.2) is 4.39 Å². The largest absolute Gasteiger partial charge is 0.494 e. The number of nitrogens with one attached hydrogen (secondary N) is 1. The standard InChI is InChI=1S/C16H15BrFNO2/c1-3-21-12-5-7-15(10(2)8-12)19-16(20)13-6-4-11(18)9-14(13)17/h4-9H,3H2,1-2H3,(H,19,20). The molecule has 0 unspecified atom stereocenters. The number of ether oxygens (including phenoxy) is 1. The number of anilines is 1. The fourth-order valence-electron chi connectivity index (χ4n) is 1.90. The molecule has 0 saturated heterocycles. The third-order valence-electron chi connectivity index (χ3n) is 2.93. The molecule has 0 radical (unpaired) electrons. The number of hydrogen-bond donors (Lipinski definition) is 1. The minimum absolute atomic E-state index is 0.297. The van der Waals surface area contributed by atoms with Crippen molar-refractivity contribution in [2.75, 3.05) is 11.9 Å². The summed E-state index contributed by atoms with van der Waals surface area (Å²) in [5.74, 6) is 0.0702. The average Bonchev–Trinajstić information content (AvgIpc) is 2.42. The molecule has 21 heavy (non-hydrogen) atoms. The summed E-state index contributed by atoms with van der Waals surface area (Å²) in [6, 6.07) is 9.41. The molecule has 5 heteroatoms. The van der Waals surface area contributed by atoms with E-state index in [9.17, 15) is 9.18 Å². The summed E-state index contributed by atoms with van der Waals surface area (Å²) >= 11 is 3.19. The van der Waals surface area contributed by atoms with Crippen LogP contribution >= 0.6 is 15.9 Å². The van der Waals surface area contributed by atoms with Crippen LogP contribution in [-0.2, 0) is 0 Å². The van der Waals surface area contributed by atoms with Crippen LogP contribution < -0.4 is 10.1 Å². The van der Waals surface area contributed by atoms with Crippen LogP contribution in [0.15, 0.2) is 40.9 Å². The lowest BCUT2D eigenvalue weighted by Crippen LogP contribution is -2.13. The van der Waals surface area contributed by atoms with Crippen molar-refractivity contribution in [1.29, 1.82) is 0 Å². The Kier molecular flexibility index (Phi) is 4.96. The van der Waals surface area contributed by atoms with E-state index in [1.165, 1.54) is 18.2 Å². The number of benzene rings is 2. The quantitative estimate of drug-likeness (QED) is 0.877. The lowest BCUT2D eigenvalue weighted by Gasteiger charge is -2.11. The number of carbonyl (C=O) groups is 1. The van der Waals surface area contributed by atoms with E-state index in [0.29, 0.717) is 22.3 Å². The SMILES string of the molecule is CCOc1ccc(NC(=O)c2ccc(F)cc2Br)c(C)c1. The maximum absolute atomic E-state index is 13.0. The molecule has 0 aliphatic carbocycles. The first-order valence-corrected chi connectivity index (χ1v) is 7.30. The van der Waals surface area contributed by atoms with Gasteiger partial charge in [0.25, 0.3) is 5.91 Å². The lowest BCUT2D eigenvalue weighted by molar-refractivity contribution is 0.102. The molecule has 0 spiro atoms. The van der Waals surface area contributed by atoms with Crippen LogP contribution in [0.5, 0.6) is 5.75 Å². The maximum atomic E-state index is 13.0. The van der Waals surface area contributed by atoms with Gasteiger partial charge < -0.3 is 10.1 Å². The normalized spacial score (nSPS) is 10.3. The molecule has 1 amide bonds. The van der Waals surface area contributed by atoms with E-state index in [1.54, 1.807) is 12.1 Å². The number of amides is 1. The summed E-state index contributed by atoms with van der Waals surface area (Å²) in [5.41, 5.74) is 1.97. The molecule has 2 aromatic rings. The molecule has 3 nitrogen and oxygen atoms in total. The van der Waals surface area contributed by atoms with Crippen molar-refractivity contribution in [2.24, 2.45) is 0 Å². The molecule has 0 fully saturated rings. The number of carbonyl (C=O) groups excluding carboxylic acids is 1. The molecule has 2 aromatic carbocycles. The van der Waals surface area contributed by atoms with Crippen molar-refractivity contribution in [3.8, 4) is 5.75 Å². The zero-order chi connectivity index (χ0) is 15.4. The molecule has 0 heterocycles. The molecule has 0 aliphatic rings. The lowest BCUT2D eigenvalue weighted by atomic mass is 10.1. The van der Waals surface area contributed by atoms with Gasteiger partial charge in [-0.1, -0.05) is 0 Å². The van der Waals surface area contributed by atoms with E-state index < -0.39 is 5.82 Å². The smallest absolute Gasteiger partial charge is 0.256 e. The van der Waals surface area contributed by atoms with E-state index in [0.717, 1.165) is 11.3 Å². The summed E-state index contributed by atoms with van der Waals surface area (Å²) < 4.78 is 18.9. The Bertz CT molecular complexity index is 673. The minimum atomic E-state index is -0.393. The number of rotatable bonds is 4. The summed E-state index contributed by atoms with van der Waals surface area (Å²) in [6.07, 6.45) is 0. The van der Waals surface area contributed by atoms with Crippen molar-refractivity contribution in [1.82, 2.24) is 0 Å². The molecule has 110 valence electrons. The van der Waals surface area contributed by atoms with E-state index in [-0.39, 0.29) is 5.91 Å². The summed E-state index contributed by atoms with van der Waals surface area (Å²) in [6.45, 7) is 4.39. The van der Waals surface area contributed by atoms with Crippen molar-refractivity contribution >= 4 is 27.5 Å². The van der Waals surface area contributed by atoms with Gasteiger partial charge in [0.05, 0.1) is 12.2 Å². The van der Waals surface area contributed by atoms with Gasteiger partial charge in [-0.3, -0.25) is 4.79 Å². The van der Waals surface area contributed by atoms with E-state index >= 15 is 0 Å². The Hall–Kier alpha value is -1.88. The minimum Gasteiger partial charge on any atom is -0.494 e. The Morgan fingerprint density at radius 3 is 2.67 bits per heavy atom. The van der Waals surface area contributed by atoms with E-state index in [4.69, 9.17) is 4.74 Å². The highest BCUT2D eigenvalue weighted by atomic mass is 79.9. The Morgan fingerprint density at radius 1 is 1.29 bits per heavy atom. The average molecular weight is 352 g/mol. The van der Waals surface area contributed by atoms with Crippen molar-refractivity contribution in [3.05, 3.63) is 57.8 Å². The van der Waals surface area contributed by atoms with Gasteiger partial charge in [-0.2, -0.15) is 0 Å². The van der Waals surface area contributed by atoms with Gasteiger partial charge in [0, 0.05) is 10.2 Å². The Labute approximate surface area is 131 Å². The van der Waals surface area contributed by atoms with Gasteiger partial charge in [0.1, 0.15) is 11.6 Å². The molecule has 2 rings (SSSR count). The molecule has 0 aliphatic heterocycles. The highest BCUT2D eigenvalue weighted by molar-refractivity contribution is 9.10. The highest BCUT2D eigenvalue weighted by Crippen LogP contribution is 2.24. The highest BCUT2D eigenvalue weighted by Gasteiger charge is 2.12. The molecule has 0 saturated carbocycles. The second-order valence-electron chi connectivity index (χ2n) is 4.49. The van der Waals surface area contributed by atoms with Crippen LogP contribution in [0.25, 0.3) is 0 Å². The van der Waals surface area contributed by atoms with Crippen LogP contribution in [0.3, 0.4) is 0 Å². The van der Waals surface area contributed by atoms with Crippen LogP contribution in [0.2, 0.25) is 0 Å². The fourth-order valence-corrected chi connectivity index (χ4v) is 2.43. The molecule has 0 bridgehead atoms.